The molecule has 0 saturated carbocycles. The molecular formula is C15H19NO3. The van der Waals surface area contributed by atoms with E-state index >= 15 is 0 Å². The van der Waals surface area contributed by atoms with Gasteiger partial charge in [-0.3, -0.25) is 4.79 Å². The van der Waals surface area contributed by atoms with Crippen LogP contribution in [-0.4, -0.2) is 41.9 Å². The van der Waals surface area contributed by atoms with Crippen molar-refractivity contribution in [2.45, 2.75) is 25.2 Å². The minimum absolute atomic E-state index is 0.252. The Hall–Kier alpha value is -1.68. The topological polar surface area (TPSA) is 57.6 Å². The molecule has 0 aliphatic carbocycles. The highest BCUT2D eigenvalue weighted by Crippen LogP contribution is 2.27. The predicted octanol–water partition coefficient (Wildman–Crippen LogP) is 2.15. The van der Waals surface area contributed by atoms with Crippen LogP contribution in [0.3, 0.4) is 0 Å². The van der Waals surface area contributed by atoms with Gasteiger partial charge in [-0.1, -0.05) is 24.3 Å². The van der Waals surface area contributed by atoms with E-state index in [1.54, 1.807) is 12.1 Å². The summed E-state index contributed by atoms with van der Waals surface area (Å²) in [6.07, 6.45) is 3.44. The average molecular weight is 261 g/mol. The van der Waals surface area contributed by atoms with Crippen molar-refractivity contribution in [1.82, 2.24) is 4.90 Å². The van der Waals surface area contributed by atoms with Crippen molar-refractivity contribution in [2.75, 3.05) is 20.1 Å². The van der Waals surface area contributed by atoms with Gasteiger partial charge < -0.3 is 10.0 Å². The van der Waals surface area contributed by atoms with Crippen LogP contribution in [0.2, 0.25) is 0 Å². The van der Waals surface area contributed by atoms with Gasteiger partial charge in [0.15, 0.2) is 0 Å². The first-order chi connectivity index (χ1) is 9.08. The Balaban J connectivity index is 2.09. The fourth-order valence-electron chi connectivity index (χ4n) is 2.60. The van der Waals surface area contributed by atoms with E-state index in [4.69, 9.17) is 5.11 Å². The van der Waals surface area contributed by atoms with Gasteiger partial charge in [0.2, 0.25) is 0 Å². The van der Waals surface area contributed by atoms with Crippen LogP contribution in [0.4, 0.5) is 0 Å². The van der Waals surface area contributed by atoms with E-state index in [-0.39, 0.29) is 5.56 Å². The maximum Gasteiger partial charge on any atom is 0.377 e. The summed E-state index contributed by atoms with van der Waals surface area (Å²) in [4.78, 5) is 24.3. The minimum Gasteiger partial charge on any atom is -0.475 e. The Labute approximate surface area is 113 Å². The Morgan fingerprint density at radius 1 is 1.16 bits per heavy atom. The van der Waals surface area contributed by atoms with Crippen LogP contribution in [0, 0.1) is 0 Å². The maximum absolute atomic E-state index is 11.3. The zero-order chi connectivity index (χ0) is 13.8. The third-order valence-electron chi connectivity index (χ3n) is 3.79. The third kappa shape index (κ3) is 3.41. The highest BCUT2D eigenvalue weighted by molar-refractivity contribution is 6.39. The molecule has 1 atom stereocenters. The molecule has 1 saturated heterocycles. The number of nitrogens with zero attached hydrogens (tertiary/aromatic N) is 1. The number of hydrogen-bond acceptors (Lipinski definition) is 3. The van der Waals surface area contributed by atoms with Crippen molar-refractivity contribution in [3.8, 4) is 0 Å². The molecule has 102 valence electrons. The number of benzene rings is 1. The molecule has 2 rings (SSSR count). The van der Waals surface area contributed by atoms with Gasteiger partial charge in [0, 0.05) is 5.56 Å². The van der Waals surface area contributed by atoms with E-state index < -0.39 is 11.8 Å². The van der Waals surface area contributed by atoms with Crippen molar-refractivity contribution >= 4 is 11.8 Å². The highest BCUT2D eigenvalue weighted by Gasteiger charge is 2.18. The van der Waals surface area contributed by atoms with Crippen LogP contribution in [0.1, 0.15) is 41.1 Å². The zero-order valence-electron chi connectivity index (χ0n) is 11.1. The van der Waals surface area contributed by atoms with E-state index in [2.05, 4.69) is 11.9 Å². The Bertz CT molecular complexity index is 467. The number of carbonyl (C=O) groups is 2. The number of rotatable bonds is 3. The van der Waals surface area contributed by atoms with Crippen molar-refractivity contribution in [2.24, 2.45) is 0 Å². The van der Waals surface area contributed by atoms with Gasteiger partial charge >= 0.3 is 5.97 Å². The summed E-state index contributed by atoms with van der Waals surface area (Å²) in [6, 6.07) is 7.04. The standard InChI is InChI=1S/C15H19NO3/c1-16-9-2-3-11(8-10-16)12-4-6-13(7-5-12)14(17)15(18)19/h4-7,11H,2-3,8-10H2,1H3,(H,18,19). The Morgan fingerprint density at radius 2 is 1.84 bits per heavy atom. The second kappa shape index (κ2) is 5.97. The lowest BCUT2D eigenvalue weighted by Gasteiger charge is -2.15. The van der Waals surface area contributed by atoms with Crippen LogP contribution in [0.15, 0.2) is 24.3 Å². The number of carboxylic acids is 1. The molecule has 1 aliphatic rings. The molecule has 1 N–H and O–H groups in total. The molecule has 4 nitrogen and oxygen atoms in total. The van der Waals surface area contributed by atoms with Gasteiger partial charge in [0.1, 0.15) is 0 Å². The number of ketones is 1. The molecule has 0 aromatic heterocycles. The fraction of sp³-hybridized carbons (Fsp3) is 0.467. The number of carbonyl (C=O) groups excluding carboxylic acids is 1. The van der Waals surface area contributed by atoms with Crippen molar-refractivity contribution < 1.29 is 14.7 Å². The monoisotopic (exact) mass is 261 g/mol. The molecule has 1 heterocycles. The molecule has 0 radical (unpaired) electrons. The number of likely N-dealkylation sites (tertiary alicyclic amines) is 1. The molecule has 1 unspecified atom stereocenters. The smallest absolute Gasteiger partial charge is 0.377 e. The second-order valence-electron chi connectivity index (χ2n) is 5.19. The summed E-state index contributed by atoms with van der Waals surface area (Å²) in [5.41, 5.74) is 1.46. The van der Waals surface area contributed by atoms with Gasteiger partial charge in [0.25, 0.3) is 5.78 Å². The minimum atomic E-state index is -1.40. The molecular weight excluding hydrogens is 242 g/mol. The molecule has 1 fully saturated rings. The molecule has 4 heteroatoms. The normalized spacial score (nSPS) is 20.8. The Kier molecular flexibility index (Phi) is 4.32. The molecule has 1 aromatic carbocycles. The van der Waals surface area contributed by atoms with Crippen LogP contribution >= 0.6 is 0 Å². The molecule has 1 aromatic rings. The van der Waals surface area contributed by atoms with Crippen LogP contribution in [0.25, 0.3) is 0 Å². The van der Waals surface area contributed by atoms with Gasteiger partial charge in [-0.05, 0) is 50.9 Å². The first-order valence-corrected chi connectivity index (χ1v) is 6.64. The Morgan fingerprint density at radius 3 is 2.47 bits per heavy atom. The summed E-state index contributed by atoms with van der Waals surface area (Å²) in [7, 11) is 2.14. The highest BCUT2D eigenvalue weighted by atomic mass is 16.4. The largest absolute Gasteiger partial charge is 0.475 e. The van der Waals surface area contributed by atoms with Crippen LogP contribution in [0.5, 0.6) is 0 Å². The number of Topliss-reactive ketones (excluding diaryl/α,β-unsaturated/α-hetero) is 1. The number of hydrogen-bond donors (Lipinski definition) is 1. The van der Waals surface area contributed by atoms with Gasteiger partial charge in [-0.15, -0.1) is 0 Å². The first-order valence-electron chi connectivity index (χ1n) is 6.64. The molecule has 0 spiro atoms. The zero-order valence-corrected chi connectivity index (χ0v) is 11.1. The van der Waals surface area contributed by atoms with Crippen LogP contribution in [-0.2, 0) is 4.79 Å². The summed E-state index contributed by atoms with van der Waals surface area (Å²) in [6.45, 7) is 2.21. The SMILES string of the molecule is CN1CCCC(c2ccc(C(=O)C(=O)O)cc2)CC1. The predicted molar refractivity (Wildman–Crippen MR) is 72.5 cm³/mol. The lowest BCUT2D eigenvalue weighted by Crippen LogP contribution is -2.18. The van der Waals surface area contributed by atoms with E-state index in [1.165, 1.54) is 12.0 Å². The second-order valence-corrected chi connectivity index (χ2v) is 5.19. The van der Waals surface area contributed by atoms with Gasteiger partial charge in [0.05, 0.1) is 0 Å². The van der Waals surface area contributed by atoms with Crippen molar-refractivity contribution in [3.63, 3.8) is 0 Å². The van der Waals surface area contributed by atoms with E-state index in [9.17, 15) is 9.59 Å². The van der Waals surface area contributed by atoms with Crippen molar-refractivity contribution in [1.29, 1.82) is 0 Å². The van der Waals surface area contributed by atoms with Crippen LogP contribution < -0.4 is 0 Å². The average Bonchev–Trinajstić information content (AvgIpc) is 2.63. The summed E-state index contributed by atoms with van der Waals surface area (Å²) < 4.78 is 0. The number of aliphatic carboxylic acids is 1. The third-order valence-corrected chi connectivity index (χ3v) is 3.79. The van der Waals surface area contributed by atoms with Crippen molar-refractivity contribution in [3.05, 3.63) is 35.4 Å². The van der Waals surface area contributed by atoms with Gasteiger partial charge in [-0.25, -0.2) is 4.79 Å². The molecule has 19 heavy (non-hydrogen) atoms. The molecule has 1 aliphatic heterocycles. The molecule has 0 bridgehead atoms. The lowest BCUT2D eigenvalue weighted by atomic mass is 9.91. The quantitative estimate of drug-likeness (QED) is 0.669. The summed E-state index contributed by atoms with van der Waals surface area (Å²) >= 11 is 0. The first kappa shape index (κ1) is 13.7. The lowest BCUT2D eigenvalue weighted by molar-refractivity contribution is -0.131. The van der Waals surface area contributed by atoms with E-state index in [0.29, 0.717) is 5.92 Å². The van der Waals surface area contributed by atoms with E-state index in [0.717, 1.165) is 25.9 Å². The summed E-state index contributed by atoms with van der Waals surface area (Å²) in [5, 5.41) is 8.66. The molecule has 0 amide bonds. The maximum atomic E-state index is 11.3. The fourth-order valence-corrected chi connectivity index (χ4v) is 2.60. The van der Waals surface area contributed by atoms with E-state index in [1.807, 2.05) is 12.1 Å². The van der Waals surface area contributed by atoms with Gasteiger partial charge in [-0.2, -0.15) is 0 Å². The number of carboxylic acid groups (broad SMARTS) is 1. The summed E-state index contributed by atoms with van der Waals surface area (Å²) in [5.74, 6) is -1.73.